The fraction of sp³-hybridized carbons (Fsp3) is 0.350. The summed E-state index contributed by atoms with van der Waals surface area (Å²) >= 11 is 7.10. The Morgan fingerprint density at radius 1 is 1.00 bits per heavy atom. The molecule has 0 aromatic heterocycles. The molecule has 128 valence electrons. The van der Waals surface area contributed by atoms with E-state index in [2.05, 4.69) is 45.9 Å². The summed E-state index contributed by atoms with van der Waals surface area (Å²) < 4.78 is 12.3. The molecule has 0 unspecified atom stereocenters. The Morgan fingerprint density at radius 2 is 1.71 bits per heavy atom. The second kappa shape index (κ2) is 8.81. The highest BCUT2D eigenvalue weighted by atomic mass is 127. The average molecular weight is 454 g/mol. The zero-order chi connectivity index (χ0) is 17.7. The minimum Gasteiger partial charge on any atom is -0.488 e. The van der Waals surface area contributed by atoms with Crippen molar-refractivity contribution in [1.29, 1.82) is 0 Å². The highest BCUT2D eigenvalue weighted by Crippen LogP contribution is 2.28. The van der Waals surface area contributed by atoms with Gasteiger partial charge in [0.25, 0.3) is 0 Å². The monoisotopic (exact) mass is 454 g/mol. The van der Waals surface area contributed by atoms with Crippen LogP contribution in [0, 0.1) is 13.8 Å². The maximum absolute atomic E-state index is 6.14. The number of ether oxygens (including phenoxy) is 2. The second-order valence-electron chi connectivity index (χ2n) is 5.77. The topological polar surface area (TPSA) is 18.5 Å². The van der Waals surface area contributed by atoms with Crippen molar-refractivity contribution in [3.63, 3.8) is 0 Å². The van der Waals surface area contributed by atoms with Gasteiger partial charge in [-0.25, -0.2) is 0 Å². The molecule has 0 spiro atoms. The molecule has 2 rings (SSSR count). The Hall–Kier alpha value is -1.14. The largest absolute Gasteiger partial charge is 0.488 e. The summed E-state index contributed by atoms with van der Waals surface area (Å²) in [5.41, 5.74) is 6.09. The van der Waals surface area contributed by atoms with E-state index in [0.29, 0.717) is 9.66 Å². The van der Waals surface area contributed by atoms with E-state index in [-0.39, 0.29) is 0 Å². The van der Waals surface area contributed by atoms with Crippen LogP contribution in [0.3, 0.4) is 0 Å². The van der Waals surface area contributed by atoms with Gasteiger partial charge < -0.3 is 9.47 Å². The first-order valence-corrected chi connectivity index (χ1v) is 9.65. The zero-order valence-electron chi connectivity index (χ0n) is 14.6. The highest BCUT2D eigenvalue weighted by Gasteiger charge is 2.12. The van der Waals surface area contributed by atoms with Gasteiger partial charge in [0.1, 0.15) is 18.1 Å². The first-order valence-electron chi connectivity index (χ1n) is 8.17. The Labute approximate surface area is 163 Å². The van der Waals surface area contributed by atoms with Crippen LogP contribution in [0.15, 0.2) is 30.3 Å². The summed E-state index contributed by atoms with van der Waals surface area (Å²) in [6.45, 7) is 9.02. The van der Waals surface area contributed by atoms with Gasteiger partial charge in [-0.2, -0.15) is 0 Å². The number of rotatable bonds is 6. The van der Waals surface area contributed by atoms with Crippen molar-refractivity contribution in [1.82, 2.24) is 0 Å². The summed E-state index contributed by atoms with van der Waals surface area (Å²) in [5.74, 6) is 1.71. The standard InChI is InChI=1S/C20H23IO2S/c1-5-15-8-7-9-18(23-20(21)24)17(15)12-22-19-11-13(3)16(6-2)10-14(19)4/h7-11H,5-6,12H2,1-4H3. The Balaban J connectivity index is 2.28. The average Bonchev–Trinajstić information content (AvgIpc) is 2.55. The van der Waals surface area contributed by atoms with E-state index < -0.39 is 0 Å². The predicted molar refractivity (Wildman–Crippen MR) is 113 cm³/mol. The van der Waals surface area contributed by atoms with E-state index in [1.807, 2.05) is 34.7 Å². The molecule has 24 heavy (non-hydrogen) atoms. The van der Waals surface area contributed by atoms with Crippen molar-refractivity contribution >= 4 is 37.9 Å². The molecule has 0 bridgehead atoms. The van der Waals surface area contributed by atoms with E-state index in [9.17, 15) is 0 Å². The van der Waals surface area contributed by atoms with Crippen molar-refractivity contribution in [2.24, 2.45) is 0 Å². The fourth-order valence-corrected chi connectivity index (χ4v) is 3.15. The van der Waals surface area contributed by atoms with E-state index in [0.717, 1.165) is 29.9 Å². The molecular formula is C20H23IO2S. The lowest BCUT2D eigenvalue weighted by Gasteiger charge is -2.17. The maximum Gasteiger partial charge on any atom is 0.228 e. The van der Waals surface area contributed by atoms with Crippen molar-refractivity contribution in [3.05, 3.63) is 58.1 Å². The molecule has 0 amide bonds. The van der Waals surface area contributed by atoms with E-state index in [1.54, 1.807) is 0 Å². The van der Waals surface area contributed by atoms with Gasteiger partial charge in [0.05, 0.1) is 0 Å². The Kier molecular flexibility index (Phi) is 7.04. The lowest BCUT2D eigenvalue weighted by molar-refractivity contribution is 0.299. The van der Waals surface area contributed by atoms with Crippen LogP contribution in [-0.2, 0) is 19.4 Å². The van der Waals surface area contributed by atoms with Crippen LogP contribution in [0.4, 0.5) is 0 Å². The molecule has 2 aromatic rings. The zero-order valence-corrected chi connectivity index (χ0v) is 17.6. The SMILES string of the molecule is CCc1cc(C)c(OCc2c(CC)cccc2OC(=S)I)cc1C. The van der Waals surface area contributed by atoms with Gasteiger partial charge in [-0.15, -0.1) is 0 Å². The van der Waals surface area contributed by atoms with Crippen LogP contribution in [0.5, 0.6) is 11.5 Å². The van der Waals surface area contributed by atoms with E-state index >= 15 is 0 Å². The van der Waals surface area contributed by atoms with Gasteiger partial charge in [0.15, 0.2) is 0 Å². The number of benzene rings is 2. The Morgan fingerprint density at radius 3 is 2.33 bits per heavy atom. The van der Waals surface area contributed by atoms with Crippen LogP contribution in [0.25, 0.3) is 0 Å². The second-order valence-corrected chi connectivity index (χ2v) is 7.86. The molecule has 0 heterocycles. The third-order valence-electron chi connectivity index (χ3n) is 4.19. The molecule has 2 nitrogen and oxygen atoms in total. The molecule has 0 saturated carbocycles. The first-order chi connectivity index (χ1) is 11.5. The van der Waals surface area contributed by atoms with Crippen LogP contribution >= 0.6 is 34.8 Å². The molecule has 0 radical (unpaired) electrons. The molecule has 0 fully saturated rings. The molecular weight excluding hydrogens is 431 g/mol. The number of thiocarbonyl (C=S) groups is 1. The minimum absolute atomic E-state index is 0.477. The van der Waals surface area contributed by atoms with Crippen molar-refractivity contribution < 1.29 is 9.47 Å². The van der Waals surface area contributed by atoms with Crippen molar-refractivity contribution in [3.8, 4) is 11.5 Å². The molecule has 0 aliphatic rings. The van der Waals surface area contributed by atoms with Crippen LogP contribution in [-0.4, -0.2) is 3.06 Å². The molecule has 4 heteroatoms. The van der Waals surface area contributed by atoms with Crippen molar-refractivity contribution in [2.75, 3.05) is 0 Å². The van der Waals surface area contributed by atoms with Gasteiger partial charge in [0, 0.05) is 28.2 Å². The number of halogens is 1. The van der Waals surface area contributed by atoms with Gasteiger partial charge in [0.2, 0.25) is 3.06 Å². The third kappa shape index (κ3) is 4.70. The molecule has 0 saturated heterocycles. The van der Waals surface area contributed by atoms with Gasteiger partial charge in [-0.05, 0) is 73.3 Å². The molecule has 0 N–H and O–H groups in total. The van der Waals surface area contributed by atoms with Crippen LogP contribution in [0.2, 0.25) is 0 Å². The van der Waals surface area contributed by atoms with Crippen molar-refractivity contribution in [2.45, 2.75) is 47.1 Å². The quantitative estimate of drug-likeness (QED) is 0.298. The third-order valence-corrected chi connectivity index (χ3v) is 4.49. The summed E-state index contributed by atoms with van der Waals surface area (Å²) in [5, 5.41) is 0. The molecule has 2 aromatic carbocycles. The molecule has 0 aliphatic heterocycles. The highest BCUT2D eigenvalue weighted by molar-refractivity contribution is 14.1. The molecule has 0 atom stereocenters. The predicted octanol–water partition coefficient (Wildman–Crippen LogP) is 6.11. The lowest BCUT2D eigenvalue weighted by Crippen LogP contribution is -2.06. The summed E-state index contributed by atoms with van der Waals surface area (Å²) in [6.07, 6.45) is 1.97. The number of hydrogen-bond acceptors (Lipinski definition) is 3. The summed E-state index contributed by atoms with van der Waals surface area (Å²) in [7, 11) is 0. The normalized spacial score (nSPS) is 10.5. The summed E-state index contributed by atoms with van der Waals surface area (Å²) in [4.78, 5) is 0. The first kappa shape index (κ1) is 19.2. The summed E-state index contributed by atoms with van der Waals surface area (Å²) in [6, 6.07) is 10.4. The lowest BCUT2D eigenvalue weighted by atomic mass is 10.0. The Bertz CT molecular complexity index is 741. The minimum atomic E-state index is 0.477. The molecule has 0 aliphatic carbocycles. The van der Waals surface area contributed by atoms with Gasteiger partial charge in [-0.1, -0.05) is 32.0 Å². The van der Waals surface area contributed by atoms with E-state index in [4.69, 9.17) is 21.7 Å². The number of aryl methyl sites for hydroxylation is 4. The maximum atomic E-state index is 6.14. The smallest absolute Gasteiger partial charge is 0.228 e. The van der Waals surface area contributed by atoms with Crippen LogP contribution < -0.4 is 9.47 Å². The van der Waals surface area contributed by atoms with E-state index in [1.165, 1.54) is 22.3 Å². The van der Waals surface area contributed by atoms with Gasteiger partial charge in [-0.3, -0.25) is 0 Å². The number of hydrogen-bond donors (Lipinski definition) is 0. The fourth-order valence-electron chi connectivity index (χ4n) is 2.82. The van der Waals surface area contributed by atoms with Crippen LogP contribution in [0.1, 0.15) is 41.7 Å². The van der Waals surface area contributed by atoms with Gasteiger partial charge >= 0.3 is 0 Å².